The van der Waals surface area contributed by atoms with Crippen molar-refractivity contribution in [3.63, 3.8) is 0 Å². The molecule has 10 heavy (non-hydrogen) atoms. The van der Waals surface area contributed by atoms with Gasteiger partial charge in [0.05, 0.1) is 4.75 Å². The highest BCUT2D eigenvalue weighted by atomic mass is 32.2. The number of terminal acetylenes is 1. The Labute approximate surface area is 66.2 Å². The molecule has 0 bridgehead atoms. The maximum Gasteiger partial charge on any atom is 0.128 e. The van der Waals surface area contributed by atoms with Gasteiger partial charge in [-0.3, -0.25) is 0 Å². The van der Waals surface area contributed by atoms with Crippen LogP contribution in [0.2, 0.25) is 0 Å². The molecule has 2 unspecified atom stereocenters. The number of hydrogen-bond donors (Lipinski definition) is 1. The molecule has 0 radical (unpaired) electrons. The standard InChI is InChI=1S/C8H12OS/c1-3-7(9)8(2)5-4-6-10-8/h1,7,9H,4-6H2,2H3. The maximum atomic E-state index is 9.36. The zero-order chi connectivity index (χ0) is 7.61. The van der Waals surface area contributed by atoms with Crippen molar-refractivity contribution in [2.45, 2.75) is 30.6 Å². The zero-order valence-corrected chi connectivity index (χ0v) is 6.95. The number of aliphatic hydroxyl groups is 1. The van der Waals surface area contributed by atoms with Crippen LogP contribution in [0, 0.1) is 12.3 Å². The predicted octanol–water partition coefficient (Wildman–Crippen LogP) is 1.27. The van der Waals surface area contributed by atoms with Gasteiger partial charge in [-0.05, 0) is 25.5 Å². The van der Waals surface area contributed by atoms with E-state index >= 15 is 0 Å². The number of hydrogen-bond acceptors (Lipinski definition) is 2. The Balaban J connectivity index is 2.60. The average Bonchev–Trinajstić information content (AvgIpc) is 2.36. The Kier molecular flexibility index (Phi) is 2.28. The normalized spacial score (nSPS) is 35.3. The fraction of sp³-hybridized carbons (Fsp3) is 0.750. The SMILES string of the molecule is C#CC(O)C1(C)CCCS1. The third-order valence-corrected chi connectivity index (χ3v) is 3.57. The van der Waals surface area contributed by atoms with Crippen LogP contribution in [-0.2, 0) is 0 Å². The molecule has 2 heteroatoms. The van der Waals surface area contributed by atoms with E-state index in [0.29, 0.717) is 0 Å². The molecule has 1 aliphatic rings. The molecule has 0 aromatic rings. The molecule has 2 atom stereocenters. The molecule has 0 aliphatic carbocycles. The second-order valence-electron chi connectivity index (χ2n) is 2.83. The minimum atomic E-state index is -0.569. The van der Waals surface area contributed by atoms with Gasteiger partial charge < -0.3 is 5.11 Å². The van der Waals surface area contributed by atoms with Gasteiger partial charge in [-0.2, -0.15) is 11.8 Å². The van der Waals surface area contributed by atoms with E-state index < -0.39 is 6.10 Å². The largest absolute Gasteiger partial charge is 0.379 e. The van der Waals surface area contributed by atoms with E-state index in [4.69, 9.17) is 6.42 Å². The lowest BCUT2D eigenvalue weighted by atomic mass is 9.99. The second-order valence-corrected chi connectivity index (χ2v) is 4.46. The highest BCUT2D eigenvalue weighted by Gasteiger charge is 2.35. The van der Waals surface area contributed by atoms with Crippen molar-refractivity contribution >= 4 is 11.8 Å². The molecule has 1 N–H and O–H groups in total. The first-order chi connectivity index (χ1) is 4.69. The van der Waals surface area contributed by atoms with Crippen LogP contribution in [-0.4, -0.2) is 21.7 Å². The third-order valence-electron chi connectivity index (χ3n) is 1.99. The van der Waals surface area contributed by atoms with E-state index in [-0.39, 0.29) is 4.75 Å². The van der Waals surface area contributed by atoms with E-state index in [1.807, 2.05) is 6.92 Å². The summed E-state index contributed by atoms with van der Waals surface area (Å²) in [6, 6.07) is 0. The lowest BCUT2D eigenvalue weighted by Gasteiger charge is -2.24. The first-order valence-electron chi connectivity index (χ1n) is 3.47. The molecule has 0 aromatic heterocycles. The van der Waals surface area contributed by atoms with E-state index in [9.17, 15) is 5.11 Å². The third kappa shape index (κ3) is 1.31. The van der Waals surface area contributed by atoms with Gasteiger partial charge in [0.25, 0.3) is 0 Å². The summed E-state index contributed by atoms with van der Waals surface area (Å²) in [5.74, 6) is 3.52. The molecule has 0 saturated carbocycles. The van der Waals surface area contributed by atoms with E-state index in [1.54, 1.807) is 11.8 Å². The van der Waals surface area contributed by atoms with E-state index in [0.717, 1.165) is 12.2 Å². The van der Waals surface area contributed by atoms with Crippen molar-refractivity contribution in [2.75, 3.05) is 5.75 Å². The Hall–Kier alpha value is -0.130. The highest BCUT2D eigenvalue weighted by Crippen LogP contribution is 2.40. The number of rotatable bonds is 1. The van der Waals surface area contributed by atoms with Crippen molar-refractivity contribution in [2.24, 2.45) is 0 Å². The monoisotopic (exact) mass is 156 g/mol. The van der Waals surface area contributed by atoms with Gasteiger partial charge in [0.1, 0.15) is 6.10 Å². The molecule has 0 amide bonds. The van der Waals surface area contributed by atoms with Gasteiger partial charge in [0, 0.05) is 0 Å². The van der Waals surface area contributed by atoms with Crippen LogP contribution >= 0.6 is 11.8 Å². The predicted molar refractivity (Wildman–Crippen MR) is 44.9 cm³/mol. The first-order valence-corrected chi connectivity index (χ1v) is 4.46. The summed E-state index contributed by atoms with van der Waals surface area (Å²) in [5.41, 5.74) is 0. The van der Waals surface area contributed by atoms with E-state index in [1.165, 1.54) is 6.42 Å². The number of aliphatic hydroxyl groups excluding tert-OH is 1. The molecule has 1 fully saturated rings. The van der Waals surface area contributed by atoms with Crippen molar-refractivity contribution in [1.82, 2.24) is 0 Å². The Morgan fingerprint density at radius 1 is 1.80 bits per heavy atom. The minimum Gasteiger partial charge on any atom is -0.379 e. The van der Waals surface area contributed by atoms with E-state index in [2.05, 4.69) is 5.92 Å². The van der Waals surface area contributed by atoms with Gasteiger partial charge in [0.2, 0.25) is 0 Å². The first kappa shape index (κ1) is 7.97. The van der Waals surface area contributed by atoms with Crippen molar-refractivity contribution in [3.05, 3.63) is 0 Å². The molecule has 1 nitrogen and oxygen atoms in total. The molecule has 0 aromatic carbocycles. The molecular weight excluding hydrogens is 144 g/mol. The Morgan fingerprint density at radius 2 is 2.50 bits per heavy atom. The zero-order valence-electron chi connectivity index (χ0n) is 6.13. The van der Waals surface area contributed by atoms with Crippen LogP contribution in [0.4, 0.5) is 0 Å². The van der Waals surface area contributed by atoms with Gasteiger partial charge in [-0.15, -0.1) is 6.42 Å². The average molecular weight is 156 g/mol. The van der Waals surface area contributed by atoms with Crippen LogP contribution in [0.25, 0.3) is 0 Å². The summed E-state index contributed by atoms with van der Waals surface area (Å²) in [5, 5.41) is 9.36. The van der Waals surface area contributed by atoms with Gasteiger partial charge in [-0.1, -0.05) is 5.92 Å². The minimum absolute atomic E-state index is 0.0608. The molecule has 1 aliphatic heterocycles. The Morgan fingerprint density at radius 3 is 2.90 bits per heavy atom. The lowest BCUT2D eigenvalue weighted by molar-refractivity contribution is 0.188. The summed E-state index contributed by atoms with van der Waals surface area (Å²) in [7, 11) is 0. The topological polar surface area (TPSA) is 20.2 Å². The molecule has 1 heterocycles. The van der Waals surface area contributed by atoms with Crippen LogP contribution in [0.5, 0.6) is 0 Å². The summed E-state index contributed by atoms with van der Waals surface area (Å²) >= 11 is 1.78. The number of thioether (sulfide) groups is 1. The van der Waals surface area contributed by atoms with Crippen LogP contribution < -0.4 is 0 Å². The van der Waals surface area contributed by atoms with Gasteiger partial charge >= 0.3 is 0 Å². The summed E-state index contributed by atoms with van der Waals surface area (Å²) in [6.45, 7) is 2.04. The lowest BCUT2D eigenvalue weighted by Crippen LogP contribution is -2.31. The van der Waals surface area contributed by atoms with Crippen molar-refractivity contribution in [3.8, 4) is 12.3 Å². The fourth-order valence-corrected chi connectivity index (χ4v) is 2.46. The molecule has 0 spiro atoms. The van der Waals surface area contributed by atoms with Crippen LogP contribution in [0.3, 0.4) is 0 Å². The highest BCUT2D eigenvalue weighted by molar-refractivity contribution is 8.00. The summed E-state index contributed by atoms with van der Waals surface area (Å²) in [4.78, 5) is 0. The van der Waals surface area contributed by atoms with Crippen molar-refractivity contribution in [1.29, 1.82) is 0 Å². The van der Waals surface area contributed by atoms with Crippen LogP contribution in [0.1, 0.15) is 19.8 Å². The van der Waals surface area contributed by atoms with Crippen molar-refractivity contribution < 1.29 is 5.11 Å². The quantitative estimate of drug-likeness (QED) is 0.577. The second kappa shape index (κ2) is 2.86. The summed E-state index contributed by atoms with van der Waals surface area (Å²) < 4.78 is -0.0608. The Bertz CT molecular complexity index is 153. The maximum absolute atomic E-state index is 9.36. The molecule has 1 saturated heterocycles. The van der Waals surface area contributed by atoms with Crippen LogP contribution in [0.15, 0.2) is 0 Å². The molecule has 1 rings (SSSR count). The molecule has 56 valence electrons. The fourth-order valence-electron chi connectivity index (χ4n) is 1.19. The smallest absolute Gasteiger partial charge is 0.128 e. The van der Waals surface area contributed by atoms with Gasteiger partial charge in [-0.25, -0.2) is 0 Å². The molecular formula is C8H12OS. The van der Waals surface area contributed by atoms with Gasteiger partial charge in [0.15, 0.2) is 0 Å². The summed E-state index contributed by atoms with van der Waals surface area (Å²) in [6.07, 6.45) is 6.78.